The average Bonchev–Trinajstić information content (AvgIpc) is 2.84. The molecule has 0 heterocycles. The summed E-state index contributed by atoms with van der Waals surface area (Å²) in [6, 6.07) is 8.36. The number of hydrogen-bond acceptors (Lipinski definition) is 5. The minimum absolute atomic E-state index is 0.182. The Kier molecular flexibility index (Phi) is 15.3. The van der Waals surface area contributed by atoms with Crippen molar-refractivity contribution in [3.8, 4) is 0 Å². The Morgan fingerprint density at radius 2 is 1.79 bits per heavy atom. The van der Waals surface area contributed by atoms with Crippen LogP contribution in [-0.4, -0.2) is 55.9 Å². The molecular weight excluding hydrogens is 422 g/mol. The molecule has 1 aromatic carbocycles. The zero-order valence-corrected chi connectivity index (χ0v) is 22.1. The molecule has 0 N–H and O–H groups in total. The van der Waals surface area contributed by atoms with Gasteiger partial charge in [-0.25, -0.2) is 0 Å². The van der Waals surface area contributed by atoms with Gasteiger partial charge in [-0.1, -0.05) is 56.9 Å². The largest absolute Gasteiger partial charge is 0.465 e. The van der Waals surface area contributed by atoms with E-state index in [9.17, 15) is 4.79 Å². The van der Waals surface area contributed by atoms with E-state index in [1.807, 2.05) is 39.0 Å². The molecule has 0 fully saturated rings. The summed E-state index contributed by atoms with van der Waals surface area (Å²) in [5.41, 5.74) is 4.22. The standard InChI is InChI=1S/C29H45N3O2/c1-7-14-27(15-8-2)25(6)30-23-26-16-18-28(19-17-26)32(24-29(33)34-11-5)22-13-12-21-31(10-4)20-9-3/h7-8,14-19H,1,9-13,20-24H2,2-6H3/b15-8+,27-14+,30-25?. The lowest BCUT2D eigenvalue weighted by molar-refractivity contribution is -0.141. The fourth-order valence-corrected chi connectivity index (χ4v) is 3.76. The maximum Gasteiger partial charge on any atom is 0.325 e. The lowest BCUT2D eigenvalue weighted by Gasteiger charge is -2.25. The highest BCUT2D eigenvalue weighted by molar-refractivity contribution is 6.00. The van der Waals surface area contributed by atoms with E-state index < -0.39 is 0 Å². The highest BCUT2D eigenvalue weighted by Crippen LogP contribution is 2.17. The molecule has 0 aliphatic rings. The predicted octanol–water partition coefficient (Wildman–Crippen LogP) is 6.22. The van der Waals surface area contributed by atoms with Crippen LogP contribution in [0.2, 0.25) is 0 Å². The summed E-state index contributed by atoms with van der Waals surface area (Å²) in [6.07, 6.45) is 11.1. The van der Waals surface area contributed by atoms with Crippen LogP contribution in [0.4, 0.5) is 5.69 Å². The summed E-state index contributed by atoms with van der Waals surface area (Å²) in [5.74, 6) is -0.182. The minimum atomic E-state index is -0.182. The van der Waals surface area contributed by atoms with Crippen molar-refractivity contribution in [2.24, 2.45) is 4.99 Å². The number of rotatable bonds is 17. The Morgan fingerprint density at radius 1 is 1.09 bits per heavy atom. The second-order valence-corrected chi connectivity index (χ2v) is 8.29. The van der Waals surface area contributed by atoms with E-state index in [1.54, 1.807) is 6.08 Å². The van der Waals surface area contributed by atoms with Gasteiger partial charge in [0.2, 0.25) is 0 Å². The predicted molar refractivity (Wildman–Crippen MR) is 147 cm³/mol. The van der Waals surface area contributed by atoms with Crippen LogP contribution >= 0.6 is 0 Å². The van der Waals surface area contributed by atoms with Crippen molar-refractivity contribution in [2.45, 2.75) is 60.4 Å². The molecule has 0 atom stereocenters. The Morgan fingerprint density at radius 3 is 2.38 bits per heavy atom. The van der Waals surface area contributed by atoms with Gasteiger partial charge in [0.25, 0.3) is 0 Å². The van der Waals surface area contributed by atoms with E-state index in [4.69, 9.17) is 9.73 Å². The van der Waals surface area contributed by atoms with Gasteiger partial charge in [-0.05, 0) is 82.9 Å². The van der Waals surface area contributed by atoms with Gasteiger partial charge in [0, 0.05) is 17.9 Å². The minimum Gasteiger partial charge on any atom is -0.465 e. The van der Waals surface area contributed by atoms with Crippen LogP contribution in [0.1, 0.15) is 59.4 Å². The summed E-state index contributed by atoms with van der Waals surface area (Å²) < 4.78 is 5.21. The van der Waals surface area contributed by atoms with E-state index in [1.165, 1.54) is 6.42 Å². The molecule has 5 nitrogen and oxygen atoms in total. The van der Waals surface area contributed by atoms with Crippen LogP contribution in [-0.2, 0) is 16.1 Å². The molecule has 0 saturated heterocycles. The van der Waals surface area contributed by atoms with Crippen molar-refractivity contribution in [3.63, 3.8) is 0 Å². The molecule has 0 spiro atoms. The van der Waals surface area contributed by atoms with E-state index >= 15 is 0 Å². The first-order valence-corrected chi connectivity index (χ1v) is 12.7. The van der Waals surface area contributed by atoms with E-state index in [2.05, 4.69) is 54.5 Å². The Hall–Kier alpha value is -2.66. The Labute approximate surface area is 207 Å². The Bertz CT molecular complexity index is 809. The van der Waals surface area contributed by atoms with Crippen molar-refractivity contribution in [2.75, 3.05) is 44.2 Å². The number of ether oxygens (including phenoxy) is 1. The van der Waals surface area contributed by atoms with Crippen molar-refractivity contribution < 1.29 is 9.53 Å². The quantitative estimate of drug-likeness (QED) is 0.118. The molecule has 0 aliphatic heterocycles. The average molecular weight is 468 g/mol. The summed E-state index contributed by atoms with van der Waals surface area (Å²) in [5, 5.41) is 0. The lowest BCUT2D eigenvalue weighted by atomic mass is 10.1. The van der Waals surface area contributed by atoms with Crippen LogP contribution in [0.3, 0.4) is 0 Å². The van der Waals surface area contributed by atoms with Crippen LogP contribution in [0.15, 0.2) is 65.7 Å². The number of anilines is 1. The zero-order chi connectivity index (χ0) is 25.2. The van der Waals surface area contributed by atoms with Gasteiger partial charge < -0.3 is 14.5 Å². The number of carbonyl (C=O) groups is 1. The third-order valence-electron chi connectivity index (χ3n) is 5.63. The van der Waals surface area contributed by atoms with Gasteiger partial charge in [-0.2, -0.15) is 0 Å². The molecule has 0 aromatic heterocycles. The molecule has 1 aromatic rings. The molecule has 188 valence electrons. The molecule has 34 heavy (non-hydrogen) atoms. The Balaban J connectivity index is 2.83. The lowest BCUT2D eigenvalue weighted by Crippen LogP contribution is -2.32. The van der Waals surface area contributed by atoms with E-state index in [0.29, 0.717) is 13.2 Å². The van der Waals surface area contributed by atoms with Gasteiger partial charge in [0.1, 0.15) is 6.54 Å². The van der Waals surface area contributed by atoms with Crippen LogP contribution in [0.25, 0.3) is 0 Å². The van der Waals surface area contributed by atoms with Gasteiger partial charge in [0.15, 0.2) is 0 Å². The summed E-state index contributed by atoms with van der Waals surface area (Å²) in [4.78, 5) is 21.6. The second kappa shape index (κ2) is 17.8. The van der Waals surface area contributed by atoms with E-state index in [0.717, 1.165) is 61.6 Å². The van der Waals surface area contributed by atoms with Crippen LogP contribution < -0.4 is 4.90 Å². The second-order valence-electron chi connectivity index (χ2n) is 8.29. The first kappa shape index (κ1) is 29.4. The van der Waals surface area contributed by atoms with Crippen molar-refractivity contribution in [1.29, 1.82) is 0 Å². The molecule has 0 saturated carbocycles. The van der Waals surface area contributed by atoms with Crippen molar-refractivity contribution in [1.82, 2.24) is 4.90 Å². The number of carbonyl (C=O) groups excluding carboxylic acids is 1. The third-order valence-corrected chi connectivity index (χ3v) is 5.63. The van der Waals surface area contributed by atoms with Gasteiger partial charge in [0.05, 0.1) is 13.2 Å². The summed E-state index contributed by atoms with van der Waals surface area (Å²) in [6.45, 7) is 19.5. The van der Waals surface area contributed by atoms with Gasteiger partial charge in [-0.15, -0.1) is 0 Å². The number of benzene rings is 1. The molecular formula is C29H45N3O2. The topological polar surface area (TPSA) is 45.1 Å². The van der Waals surface area contributed by atoms with Crippen molar-refractivity contribution in [3.05, 3.63) is 66.3 Å². The molecule has 0 radical (unpaired) electrons. The SMILES string of the molecule is C=C/C=C(\C=C\C)C(C)=NCc1ccc(N(CCCCN(CC)CCC)CC(=O)OCC)cc1. The third kappa shape index (κ3) is 11.5. The molecule has 0 unspecified atom stereocenters. The van der Waals surface area contributed by atoms with Crippen LogP contribution in [0.5, 0.6) is 0 Å². The number of unbranched alkanes of at least 4 members (excludes halogenated alkanes) is 1. The first-order valence-electron chi connectivity index (χ1n) is 12.7. The molecule has 0 amide bonds. The van der Waals surface area contributed by atoms with Crippen molar-refractivity contribution >= 4 is 17.4 Å². The molecule has 5 heteroatoms. The number of allylic oxidation sites excluding steroid dienone is 5. The fourth-order valence-electron chi connectivity index (χ4n) is 3.76. The zero-order valence-electron chi connectivity index (χ0n) is 22.1. The normalized spacial score (nSPS) is 12.4. The van der Waals surface area contributed by atoms with Gasteiger partial charge in [-0.3, -0.25) is 9.79 Å². The number of esters is 1. The highest BCUT2D eigenvalue weighted by atomic mass is 16.5. The maximum atomic E-state index is 12.2. The number of aliphatic imine (C=N–C) groups is 1. The van der Waals surface area contributed by atoms with Crippen LogP contribution in [0, 0.1) is 0 Å². The molecule has 0 aliphatic carbocycles. The highest BCUT2D eigenvalue weighted by Gasteiger charge is 2.13. The summed E-state index contributed by atoms with van der Waals surface area (Å²) >= 11 is 0. The monoisotopic (exact) mass is 467 g/mol. The molecule has 1 rings (SSSR count). The fraction of sp³-hybridized carbons (Fsp3) is 0.517. The van der Waals surface area contributed by atoms with E-state index in [-0.39, 0.29) is 12.5 Å². The summed E-state index contributed by atoms with van der Waals surface area (Å²) in [7, 11) is 0. The molecule has 0 bridgehead atoms. The number of nitrogens with zero attached hydrogens (tertiary/aromatic N) is 3. The maximum absolute atomic E-state index is 12.2. The van der Waals surface area contributed by atoms with Gasteiger partial charge >= 0.3 is 5.97 Å². The first-order chi connectivity index (χ1) is 16.5. The number of hydrogen-bond donors (Lipinski definition) is 0. The smallest absolute Gasteiger partial charge is 0.325 e.